The number of anilines is 2. The van der Waals surface area contributed by atoms with Gasteiger partial charge in [-0.15, -0.1) is 0 Å². The van der Waals surface area contributed by atoms with Gasteiger partial charge < -0.3 is 25.0 Å². The summed E-state index contributed by atoms with van der Waals surface area (Å²) in [5.74, 6) is 0.420. The van der Waals surface area contributed by atoms with Gasteiger partial charge in [-0.2, -0.15) is 0 Å². The Balaban J connectivity index is 1.30. The number of imide groups is 1. The number of urea groups is 1. The third-order valence-electron chi connectivity index (χ3n) is 6.34. The van der Waals surface area contributed by atoms with Crippen molar-refractivity contribution in [3.63, 3.8) is 0 Å². The zero-order valence-corrected chi connectivity index (χ0v) is 20.5. The summed E-state index contributed by atoms with van der Waals surface area (Å²) >= 11 is 0. The van der Waals surface area contributed by atoms with E-state index in [1.807, 2.05) is 67.5 Å². The van der Waals surface area contributed by atoms with Crippen molar-refractivity contribution in [3.05, 3.63) is 59.8 Å². The Hall–Kier alpha value is -3.56. The van der Waals surface area contributed by atoms with Crippen molar-refractivity contribution in [1.82, 2.24) is 15.1 Å². The normalized spacial score (nSPS) is 18.7. The average molecular weight is 480 g/mol. The molecule has 0 aliphatic carbocycles. The van der Waals surface area contributed by atoms with Crippen LogP contribution in [0, 0.1) is 0 Å². The molecule has 2 heterocycles. The Morgan fingerprint density at radius 1 is 1.03 bits per heavy atom. The molecule has 9 heteroatoms. The van der Waals surface area contributed by atoms with Gasteiger partial charge >= 0.3 is 6.03 Å². The van der Waals surface area contributed by atoms with Crippen molar-refractivity contribution in [2.45, 2.75) is 6.10 Å². The van der Waals surface area contributed by atoms with Gasteiger partial charge in [-0.3, -0.25) is 14.6 Å². The van der Waals surface area contributed by atoms with E-state index in [1.165, 1.54) is 0 Å². The minimum Gasteiger partial charge on any atom is -0.495 e. The van der Waals surface area contributed by atoms with E-state index in [2.05, 4.69) is 15.1 Å². The first-order chi connectivity index (χ1) is 16.9. The third kappa shape index (κ3) is 5.75. The van der Waals surface area contributed by atoms with Crippen LogP contribution in [0.2, 0.25) is 0 Å². The number of methoxy groups -OCH3 is 1. The standard InChI is InChI=1S/C26H33N5O4/c1-28(2)20-10-8-19(9-11-20)16-22-25(33)31(26(34)27-22)18-21(32)17-29-12-14-30(15-13-29)23-6-4-5-7-24(23)35-3/h4-11,16,21,32H,12-15,17-18H2,1-3H3,(H,27,34)/b22-16-. The second kappa shape index (κ2) is 10.8. The van der Waals surface area contributed by atoms with Crippen LogP contribution in [0.4, 0.5) is 16.2 Å². The Bertz CT molecular complexity index is 1080. The summed E-state index contributed by atoms with van der Waals surface area (Å²) in [4.78, 5) is 32.7. The molecule has 9 nitrogen and oxygen atoms in total. The molecule has 1 atom stereocenters. The minimum atomic E-state index is -0.832. The van der Waals surface area contributed by atoms with Crippen LogP contribution in [0.15, 0.2) is 54.2 Å². The molecular weight excluding hydrogens is 446 g/mol. The van der Waals surface area contributed by atoms with Gasteiger partial charge in [0.1, 0.15) is 11.4 Å². The van der Waals surface area contributed by atoms with Gasteiger partial charge in [-0.05, 0) is 35.9 Å². The number of nitrogens with zero attached hydrogens (tertiary/aromatic N) is 4. The van der Waals surface area contributed by atoms with Crippen LogP contribution in [0.3, 0.4) is 0 Å². The topological polar surface area (TPSA) is 88.6 Å². The largest absolute Gasteiger partial charge is 0.495 e. The van der Waals surface area contributed by atoms with Gasteiger partial charge in [-0.1, -0.05) is 24.3 Å². The smallest absolute Gasteiger partial charge is 0.329 e. The minimum absolute atomic E-state index is 0.0473. The second-order valence-corrected chi connectivity index (χ2v) is 9.00. The molecule has 2 aliphatic heterocycles. The molecule has 2 fully saturated rings. The Morgan fingerprint density at radius 3 is 2.37 bits per heavy atom. The lowest BCUT2D eigenvalue weighted by Crippen LogP contribution is -2.50. The Labute approximate surface area is 206 Å². The number of nitrogens with one attached hydrogen (secondary N) is 1. The van der Waals surface area contributed by atoms with E-state index in [-0.39, 0.29) is 12.2 Å². The van der Waals surface area contributed by atoms with Crippen molar-refractivity contribution < 1.29 is 19.4 Å². The molecule has 0 radical (unpaired) electrons. The number of amides is 3. The number of hydrogen-bond donors (Lipinski definition) is 2. The quantitative estimate of drug-likeness (QED) is 0.441. The molecule has 1 unspecified atom stereocenters. The number of rotatable bonds is 8. The fourth-order valence-corrected chi connectivity index (χ4v) is 4.40. The number of β-amino-alcohol motifs (C(OH)–C–C–N with tert-alkyl or cyclic N) is 1. The summed E-state index contributed by atoms with van der Waals surface area (Å²) in [6.45, 7) is 3.48. The van der Waals surface area contributed by atoms with Crippen LogP contribution < -0.4 is 19.9 Å². The highest BCUT2D eigenvalue weighted by molar-refractivity contribution is 6.14. The predicted octanol–water partition coefficient (Wildman–Crippen LogP) is 1.84. The molecule has 2 saturated heterocycles. The highest BCUT2D eigenvalue weighted by Crippen LogP contribution is 2.28. The fraction of sp³-hybridized carbons (Fsp3) is 0.385. The van der Waals surface area contributed by atoms with Gasteiger partial charge in [0.15, 0.2) is 0 Å². The lowest BCUT2D eigenvalue weighted by atomic mass is 10.1. The van der Waals surface area contributed by atoms with E-state index in [9.17, 15) is 14.7 Å². The van der Waals surface area contributed by atoms with Crippen LogP contribution >= 0.6 is 0 Å². The summed E-state index contributed by atoms with van der Waals surface area (Å²) in [6.07, 6.45) is 0.824. The summed E-state index contributed by atoms with van der Waals surface area (Å²) in [6, 6.07) is 15.1. The molecule has 3 amide bonds. The number of hydrogen-bond acceptors (Lipinski definition) is 7. The van der Waals surface area contributed by atoms with E-state index in [1.54, 1.807) is 13.2 Å². The Morgan fingerprint density at radius 2 is 1.71 bits per heavy atom. The zero-order valence-electron chi connectivity index (χ0n) is 20.5. The monoisotopic (exact) mass is 479 g/mol. The van der Waals surface area contributed by atoms with Crippen LogP contribution in [0.1, 0.15) is 5.56 Å². The molecule has 0 spiro atoms. The van der Waals surface area contributed by atoms with Crippen LogP contribution in [-0.4, -0.2) is 93.4 Å². The van der Waals surface area contributed by atoms with Gasteiger partial charge in [-0.25, -0.2) is 4.79 Å². The lowest BCUT2D eigenvalue weighted by molar-refractivity contribution is -0.124. The number of ether oxygens (including phenoxy) is 1. The number of aliphatic hydroxyl groups is 1. The highest BCUT2D eigenvalue weighted by atomic mass is 16.5. The summed E-state index contributed by atoms with van der Waals surface area (Å²) in [5, 5.41) is 13.3. The number of aliphatic hydroxyl groups excluding tert-OH is 1. The van der Waals surface area contributed by atoms with Crippen molar-refractivity contribution >= 4 is 29.4 Å². The van der Waals surface area contributed by atoms with Crippen molar-refractivity contribution in [2.75, 3.05) is 70.3 Å². The maximum atomic E-state index is 12.8. The maximum absolute atomic E-state index is 12.8. The fourth-order valence-electron chi connectivity index (χ4n) is 4.40. The van der Waals surface area contributed by atoms with E-state index in [0.717, 1.165) is 53.8 Å². The number of carbonyl (C=O) groups is 2. The molecule has 2 aromatic carbocycles. The van der Waals surface area contributed by atoms with Gasteiger partial charge in [0, 0.05) is 52.5 Å². The molecule has 4 rings (SSSR count). The zero-order chi connectivity index (χ0) is 24.9. The van der Waals surface area contributed by atoms with Crippen LogP contribution in [0.25, 0.3) is 6.08 Å². The summed E-state index contributed by atoms with van der Waals surface area (Å²) in [7, 11) is 5.58. The molecule has 0 saturated carbocycles. The molecular formula is C26H33N5O4. The first-order valence-corrected chi connectivity index (χ1v) is 11.8. The van der Waals surface area contributed by atoms with Gasteiger partial charge in [0.2, 0.25) is 0 Å². The molecule has 35 heavy (non-hydrogen) atoms. The van der Waals surface area contributed by atoms with Crippen molar-refractivity contribution in [2.24, 2.45) is 0 Å². The van der Waals surface area contributed by atoms with E-state index in [0.29, 0.717) is 6.54 Å². The number of carbonyl (C=O) groups excluding carboxylic acids is 2. The summed E-state index contributed by atoms with van der Waals surface area (Å²) in [5.41, 5.74) is 3.13. The Kier molecular flexibility index (Phi) is 7.57. The van der Waals surface area contributed by atoms with E-state index in [4.69, 9.17) is 4.74 Å². The van der Waals surface area contributed by atoms with Crippen LogP contribution in [-0.2, 0) is 4.79 Å². The SMILES string of the molecule is COc1ccccc1N1CCN(CC(O)CN2C(=O)N/C(=C\c3ccc(N(C)C)cc3)C2=O)CC1. The first kappa shape index (κ1) is 24.6. The lowest BCUT2D eigenvalue weighted by Gasteiger charge is -2.37. The number of benzene rings is 2. The first-order valence-electron chi connectivity index (χ1n) is 11.8. The molecule has 2 aliphatic rings. The van der Waals surface area contributed by atoms with Crippen molar-refractivity contribution in [1.29, 1.82) is 0 Å². The van der Waals surface area contributed by atoms with Gasteiger partial charge in [0.05, 0.1) is 25.4 Å². The third-order valence-corrected chi connectivity index (χ3v) is 6.34. The molecule has 0 bridgehead atoms. The molecule has 2 N–H and O–H groups in total. The van der Waals surface area contributed by atoms with Gasteiger partial charge in [0.25, 0.3) is 5.91 Å². The molecule has 186 valence electrons. The van der Waals surface area contributed by atoms with Crippen molar-refractivity contribution in [3.8, 4) is 5.75 Å². The number of piperazine rings is 1. The second-order valence-electron chi connectivity index (χ2n) is 9.00. The molecule has 2 aromatic rings. The highest BCUT2D eigenvalue weighted by Gasteiger charge is 2.35. The predicted molar refractivity (Wildman–Crippen MR) is 137 cm³/mol. The van der Waals surface area contributed by atoms with E-state index >= 15 is 0 Å². The summed E-state index contributed by atoms with van der Waals surface area (Å²) < 4.78 is 5.47. The average Bonchev–Trinajstić information content (AvgIpc) is 3.12. The molecule has 0 aromatic heterocycles. The maximum Gasteiger partial charge on any atom is 0.329 e. The van der Waals surface area contributed by atoms with Crippen LogP contribution in [0.5, 0.6) is 5.75 Å². The number of para-hydroxylation sites is 2. The van der Waals surface area contributed by atoms with E-state index < -0.39 is 18.0 Å².